The van der Waals surface area contributed by atoms with Gasteiger partial charge in [0, 0.05) is 5.41 Å². The second kappa shape index (κ2) is 3.02. The topological polar surface area (TPSA) is 9.23 Å². The lowest BCUT2D eigenvalue weighted by atomic mass is 9.67. The van der Waals surface area contributed by atoms with Crippen molar-refractivity contribution in [2.45, 2.75) is 39.5 Å². The lowest BCUT2D eigenvalue weighted by molar-refractivity contribution is -0.138. The molecule has 1 aliphatic carbocycles. The predicted molar refractivity (Wildman–Crippen MR) is 50.0 cm³/mol. The zero-order valence-electron chi connectivity index (χ0n) is 8.31. The summed E-state index contributed by atoms with van der Waals surface area (Å²) in [6.07, 6.45) is 5.74. The first kappa shape index (κ1) is 8.55. The van der Waals surface area contributed by atoms with Gasteiger partial charge in [-0.15, -0.1) is 0 Å². The van der Waals surface area contributed by atoms with Crippen LogP contribution in [-0.4, -0.2) is 13.2 Å². The molecule has 0 amide bonds. The Morgan fingerprint density at radius 3 is 2.08 bits per heavy atom. The number of hydrogen-bond donors (Lipinski definition) is 0. The van der Waals surface area contributed by atoms with Gasteiger partial charge in [-0.3, -0.25) is 0 Å². The van der Waals surface area contributed by atoms with Gasteiger partial charge in [-0.05, 0) is 37.5 Å². The van der Waals surface area contributed by atoms with Crippen molar-refractivity contribution in [1.82, 2.24) is 0 Å². The SMILES string of the molecule is CC(C)C1CCC2(CC1)COC2. The maximum atomic E-state index is 5.31. The van der Waals surface area contributed by atoms with E-state index in [1.165, 1.54) is 25.7 Å². The summed E-state index contributed by atoms with van der Waals surface area (Å²) in [6.45, 7) is 6.83. The van der Waals surface area contributed by atoms with Crippen LogP contribution in [0.3, 0.4) is 0 Å². The molecule has 2 aliphatic rings. The van der Waals surface area contributed by atoms with Crippen LogP contribution in [0.15, 0.2) is 0 Å². The molecule has 1 aliphatic heterocycles. The molecule has 1 spiro atoms. The monoisotopic (exact) mass is 168 g/mol. The molecule has 70 valence electrons. The Balaban J connectivity index is 1.84. The third-order valence-corrected chi connectivity index (χ3v) is 3.85. The number of hydrogen-bond acceptors (Lipinski definition) is 1. The van der Waals surface area contributed by atoms with E-state index >= 15 is 0 Å². The van der Waals surface area contributed by atoms with E-state index in [9.17, 15) is 0 Å². The standard InChI is InChI=1S/C11H20O/c1-9(2)10-3-5-11(6-4-10)7-12-8-11/h9-10H,3-8H2,1-2H3. The molecule has 0 unspecified atom stereocenters. The molecule has 2 fully saturated rings. The van der Waals surface area contributed by atoms with E-state index in [0.717, 1.165) is 25.0 Å². The van der Waals surface area contributed by atoms with Crippen LogP contribution < -0.4 is 0 Å². The molecule has 0 aromatic heterocycles. The van der Waals surface area contributed by atoms with Crippen LogP contribution in [0.1, 0.15) is 39.5 Å². The summed E-state index contributed by atoms with van der Waals surface area (Å²) < 4.78 is 5.31. The van der Waals surface area contributed by atoms with E-state index in [1.807, 2.05) is 0 Å². The third-order valence-electron chi connectivity index (χ3n) is 3.85. The van der Waals surface area contributed by atoms with E-state index < -0.39 is 0 Å². The van der Waals surface area contributed by atoms with Crippen LogP contribution in [0.4, 0.5) is 0 Å². The highest BCUT2D eigenvalue weighted by molar-refractivity contribution is 4.90. The van der Waals surface area contributed by atoms with E-state index in [4.69, 9.17) is 4.74 Å². The molecule has 1 saturated heterocycles. The molecule has 0 N–H and O–H groups in total. The Morgan fingerprint density at radius 2 is 1.75 bits per heavy atom. The average Bonchev–Trinajstić information content (AvgIpc) is 2.02. The normalized spacial score (nSPS) is 29.2. The Labute approximate surface area is 75.5 Å². The number of rotatable bonds is 1. The molecule has 1 saturated carbocycles. The quantitative estimate of drug-likeness (QED) is 0.585. The molecule has 0 bridgehead atoms. The maximum absolute atomic E-state index is 5.31. The van der Waals surface area contributed by atoms with E-state index in [-0.39, 0.29) is 0 Å². The second-order valence-corrected chi connectivity index (χ2v) is 5.07. The minimum Gasteiger partial charge on any atom is -0.380 e. The van der Waals surface area contributed by atoms with Crippen LogP contribution >= 0.6 is 0 Å². The van der Waals surface area contributed by atoms with Crippen molar-refractivity contribution in [1.29, 1.82) is 0 Å². The van der Waals surface area contributed by atoms with Gasteiger partial charge in [-0.1, -0.05) is 13.8 Å². The van der Waals surface area contributed by atoms with E-state index in [0.29, 0.717) is 5.41 Å². The van der Waals surface area contributed by atoms with E-state index in [1.54, 1.807) is 0 Å². The summed E-state index contributed by atoms with van der Waals surface area (Å²) in [4.78, 5) is 0. The van der Waals surface area contributed by atoms with Gasteiger partial charge in [0.15, 0.2) is 0 Å². The Morgan fingerprint density at radius 1 is 1.17 bits per heavy atom. The second-order valence-electron chi connectivity index (χ2n) is 5.07. The third kappa shape index (κ3) is 1.39. The maximum Gasteiger partial charge on any atom is 0.0544 e. The average molecular weight is 168 g/mol. The molecule has 1 nitrogen and oxygen atoms in total. The van der Waals surface area contributed by atoms with Gasteiger partial charge < -0.3 is 4.74 Å². The van der Waals surface area contributed by atoms with Crippen molar-refractivity contribution in [2.24, 2.45) is 17.3 Å². The first-order chi connectivity index (χ1) is 5.72. The summed E-state index contributed by atoms with van der Waals surface area (Å²) in [5, 5.41) is 0. The minimum absolute atomic E-state index is 0.644. The van der Waals surface area contributed by atoms with Crippen molar-refractivity contribution in [2.75, 3.05) is 13.2 Å². The summed E-state index contributed by atoms with van der Waals surface area (Å²) in [5.74, 6) is 1.89. The molecule has 0 aromatic carbocycles. The first-order valence-electron chi connectivity index (χ1n) is 5.30. The van der Waals surface area contributed by atoms with Gasteiger partial charge in [-0.2, -0.15) is 0 Å². The van der Waals surface area contributed by atoms with Gasteiger partial charge in [0.25, 0.3) is 0 Å². The molecule has 1 heteroatoms. The summed E-state index contributed by atoms with van der Waals surface area (Å²) >= 11 is 0. The molecule has 2 rings (SSSR count). The van der Waals surface area contributed by atoms with E-state index in [2.05, 4.69) is 13.8 Å². The summed E-state index contributed by atoms with van der Waals surface area (Å²) in [7, 11) is 0. The highest BCUT2D eigenvalue weighted by Gasteiger charge is 2.41. The van der Waals surface area contributed by atoms with Gasteiger partial charge in [0.05, 0.1) is 13.2 Å². The highest BCUT2D eigenvalue weighted by Crippen LogP contribution is 2.45. The van der Waals surface area contributed by atoms with Crippen molar-refractivity contribution in [3.63, 3.8) is 0 Å². The van der Waals surface area contributed by atoms with Gasteiger partial charge >= 0.3 is 0 Å². The summed E-state index contributed by atoms with van der Waals surface area (Å²) in [5.41, 5.74) is 0.644. The zero-order chi connectivity index (χ0) is 8.60. The van der Waals surface area contributed by atoms with Crippen molar-refractivity contribution < 1.29 is 4.74 Å². The van der Waals surface area contributed by atoms with Crippen molar-refractivity contribution >= 4 is 0 Å². The fourth-order valence-electron chi connectivity index (χ4n) is 2.60. The van der Waals surface area contributed by atoms with Crippen molar-refractivity contribution in [3.8, 4) is 0 Å². The Bertz CT molecular complexity index is 148. The smallest absolute Gasteiger partial charge is 0.0544 e. The van der Waals surface area contributed by atoms with Crippen LogP contribution in [-0.2, 0) is 4.74 Å². The highest BCUT2D eigenvalue weighted by atomic mass is 16.5. The largest absolute Gasteiger partial charge is 0.380 e. The molecule has 0 aromatic rings. The van der Waals surface area contributed by atoms with Crippen LogP contribution in [0, 0.1) is 17.3 Å². The molecular formula is C11H20O. The lowest BCUT2D eigenvalue weighted by Gasteiger charge is -2.47. The fourth-order valence-corrected chi connectivity index (χ4v) is 2.60. The van der Waals surface area contributed by atoms with Gasteiger partial charge in [0.1, 0.15) is 0 Å². The fraction of sp³-hybridized carbons (Fsp3) is 1.00. The predicted octanol–water partition coefficient (Wildman–Crippen LogP) is 2.85. The molecule has 0 atom stereocenters. The minimum atomic E-state index is 0.644. The van der Waals surface area contributed by atoms with Crippen LogP contribution in [0.25, 0.3) is 0 Å². The first-order valence-corrected chi connectivity index (χ1v) is 5.30. The van der Waals surface area contributed by atoms with Crippen LogP contribution in [0.5, 0.6) is 0 Å². The number of ether oxygens (including phenoxy) is 1. The summed E-state index contributed by atoms with van der Waals surface area (Å²) in [6, 6.07) is 0. The Hall–Kier alpha value is -0.0400. The molecule has 12 heavy (non-hydrogen) atoms. The Kier molecular flexibility index (Phi) is 2.16. The molecular weight excluding hydrogens is 148 g/mol. The lowest BCUT2D eigenvalue weighted by Crippen LogP contribution is -2.45. The van der Waals surface area contributed by atoms with Gasteiger partial charge in [0.2, 0.25) is 0 Å². The molecule has 0 radical (unpaired) electrons. The van der Waals surface area contributed by atoms with Crippen LogP contribution in [0.2, 0.25) is 0 Å². The van der Waals surface area contributed by atoms with Crippen molar-refractivity contribution in [3.05, 3.63) is 0 Å². The zero-order valence-corrected chi connectivity index (χ0v) is 8.31. The van der Waals surface area contributed by atoms with Gasteiger partial charge in [-0.25, -0.2) is 0 Å². The molecule has 1 heterocycles.